The van der Waals surface area contributed by atoms with Crippen molar-refractivity contribution in [3.63, 3.8) is 0 Å². The number of carbonyl (C=O) groups is 1. The van der Waals surface area contributed by atoms with Crippen molar-refractivity contribution in [3.05, 3.63) is 47.0 Å². The summed E-state index contributed by atoms with van der Waals surface area (Å²) in [6.45, 7) is 3.56. The predicted molar refractivity (Wildman–Crippen MR) is 95.7 cm³/mol. The summed E-state index contributed by atoms with van der Waals surface area (Å²) in [6.07, 6.45) is 0.573. The smallest absolute Gasteiger partial charge is 0.246 e. The Labute approximate surface area is 152 Å². The van der Waals surface area contributed by atoms with Crippen molar-refractivity contribution in [1.82, 2.24) is 19.4 Å². The summed E-state index contributed by atoms with van der Waals surface area (Å²) in [5.74, 6) is -0.572. The molecular weight excluding hydrogens is 359 g/mol. The van der Waals surface area contributed by atoms with Crippen molar-refractivity contribution in [2.24, 2.45) is 0 Å². The quantitative estimate of drug-likeness (QED) is 0.781. The second kappa shape index (κ2) is 7.96. The van der Waals surface area contributed by atoms with Crippen LogP contribution in [-0.2, 0) is 27.8 Å². The average molecular weight is 382 g/mol. The van der Waals surface area contributed by atoms with Gasteiger partial charge in [0.15, 0.2) is 0 Å². The molecule has 0 saturated heterocycles. The fourth-order valence-corrected chi connectivity index (χ4v) is 3.84. The molecule has 1 aromatic carbocycles. The summed E-state index contributed by atoms with van der Waals surface area (Å²) in [6, 6.07) is 6.08. The Bertz CT molecular complexity index is 889. The third kappa shape index (κ3) is 4.47. The van der Waals surface area contributed by atoms with Crippen molar-refractivity contribution >= 4 is 15.9 Å². The molecule has 0 radical (unpaired) electrons. The minimum absolute atomic E-state index is 0.0704. The highest BCUT2D eigenvalue weighted by atomic mass is 32.2. The summed E-state index contributed by atoms with van der Waals surface area (Å²) in [5, 5.41) is 6.94. The van der Waals surface area contributed by atoms with E-state index in [4.69, 9.17) is 0 Å². The lowest BCUT2D eigenvalue weighted by atomic mass is 10.1. The molecule has 0 fully saturated rings. The van der Waals surface area contributed by atoms with E-state index in [0.29, 0.717) is 24.4 Å². The second-order valence-corrected chi connectivity index (χ2v) is 8.26. The van der Waals surface area contributed by atoms with E-state index in [-0.39, 0.29) is 23.2 Å². The number of hydrogen-bond acceptors (Lipinski definition) is 4. The van der Waals surface area contributed by atoms with Gasteiger partial charge < -0.3 is 5.32 Å². The van der Waals surface area contributed by atoms with Crippen molar-refractivity contribution in [2.45, 2.75) is 31.7 Å². The molecule has 9 heteroatoms. The van der Waals surface area contributed by atoms with Crippen LogP contribution in [-0.4, -0.2) is 49.1 Å². The highest BCUT2D eigenvalue weighted by Gasteiger charge is 2.27. The van der Waals surface area contributed by atoms with Gasteiger partial charge in [-0.1, -0.05) is 12.1 Å². The molecular formula is C17H23FN4O3S. The van der Waals surface area contributed by atoms with Gasteiger partial charge in [0.1, 0.15) is 17.3 Å². The molecule has 0 aliphatic heterocycles. The van der Waals surface area contributed by atoms with E-state index in [0.717, 1.165) is 9.87 Å². The molecule has 0 unspecified atom stereocenters. The van der Waals surface area contributed by atoms with Gasteiger partial charge in [0, 0.05) is 20.6 Å². The molecule has 0 atom stereocenters. The van der Waals surface area contributed by atoms with Gasteiger partial charge in [0.25, 0.3) is 0 Å². The zero-order valence-corrected chi connectivity index (χ0v) is 16.1. The Hall–Kier alpha value is -2.26. The molecule has 1 aromatic heterocycles. The largest absolute Gasteiger partial charge is 0.354 e. The minimum atomic E-state index is -3.62. The maximum atomic E-state index is 12.9. The van der Waals surface area contributed by atoms with E-state index in [1.807, 2.05) is 0 Å². The van der Waals surface area contributed by atoms with Crippen LogP contribution < -0.4 is 5.32 Å². The molecule has 0 aliphatic carbocycles. The number of hydrogen-bond donors (Lipinski definition) is 1. The van der Waals surface area contributed by atoms with Gasteiger partial charge >= 0.3 is 0 Å². The normalized spacial score (nSPS) is 11.8. The summed E-state index contributed by atoms with van der Waals surface area (Å²) in [5.41, 5.74) is 1.69. The van der Waals surface area contributed by atoms with Crippen molar-refractivity contribution < 1.29 is 17.6 Å². The number of halogens is 1. The number of aryl methyl sites for hydroxylation is 1. The van der Waals surface area contributed by atoms with Gasteiger partial charge in [-0.3, -0.25) is 9.48 Å². The fraction of sp³-hybridized carbons (Fsp3) is 0.412. The Kier molecular flexibility index (Phi) is 6.14. The molecule has 0 saturated carbocycles. The molecule has 1 heterocycles. The van der Waals surface area contributed by atoms with Crippen molar-refractivity contribution in [1.29, 1.82) is 0 Å². The van der Waals surface area contributed by atoms with Crippen molar-refractivity contribution in [3.8, 4) is 0 Å². The Morgan fingerprint density at radius 2 is 1.85 bits per heavy atom. The molecule has 0 bridgehead atoms. The fourth-order valence-electron chi connectivity index (χ4n) is 2.58. The van der Waals surface area contributed by atoms with Crippen LogP contribution in [0.3, 0.4) is 0 Å². The molecule has 1 amide bonds. The van der Waals surface area contributed by atoms with E-state index in [1.165, 1.54) is 30.9 Å². The predicted octanol–water partition coefficient (Wildman–Crippen LogP) is 1.25. The molecule has 26 heavy (non-hydrogen) atoms. The lowest BCUT2D eigenvalue weighted by molar-refractivity contribution is -0.121. The molecule has 0 spiro atoms. The highest BCUT2D eigenvalue weighted by Crippen LogP contribution is 2.21. The Morgan fingerprint density at radius 3 is 2.42 bits per heavy atom. The number of amides is 1. The summed E-state index contributed by atoms with van der Waals surface area (Å²) in [7, 11) is -0.718. The van der Waals surface area contributed by atoms with Crippen LogP contribution in [0.4, 0.5) is 4.39 Å². The maximum Gasteiger partial charge on any atom is 0.246 e. The van der Waals surface area contributed by atoms with Crippen LogP contribution in [0.25, 0.3) is 0 Å². The van der Waals surface area contributed by atoms with E-state index in [9.17, 15) is 17.6 Å². The van der Waals surface area contributed by atoms with Gasteiger partial charge in [-0.2, -0.15) is 5.10 Å². The van der Waals surface area contributed by atoms with Crippen LogP contribution in [0.5, 0.6) is 0 Å². The Balaban J connectivity index is 2.00. The van der Waals surface area contributed by atoms with Crippen LogP contribution in [0.15, 0.2) is 29.2 Å². The summed E-state index contributed by atoms with van der Waals surface area (Å²) < 4.78 is 40.1. The first-order valence-corrected chi connectivity index (χ1v) is 9.54. The lowest BCUT2D eigenvalue weighted by Gasteiger charge is -2.12. The van der Waals surface area contributed by atoms with Crippen LogP contribution >= 0.6 is 0 Å². The van der Waals surface area contributed by atoms with Gasteiger partial charge in [-0.05, 0) is 38.0 Å². The molecule has 1 N–H and O–H groups in total. The third-order valence-electron chi connectivity index (χ3n) is 4.00. The van der Waals surface area contributed by atoms with E-state index in [1.54, 1.807) is 26.0 Å². The van der Waals surface area contributed by atoms with E-state index < -0.39 is 10.0 Å². The number of benzene rings is 1. The van der Waals surface area contributed by atoms with Gasteiger partial charge in [0.2, 0.25) is 15.9 Å². The third-order valence-corrected chi connectivity index (χ3v) is 6.06. The topological polar surface area (TPSA) is 84.3 Å². The van der Waals surface area contributed by atoms with Crippen LogP contribution in [0, 0.1) is 19.7 Å². The van der Waals surface area contributed by atoms with Gasteiger partial charge in [0.05, 0.1) is 11.4 Å². The monoisotopic (exact) mass is 382 g/mol. The number of nitrogens with one attached hydrogen (secondary N) is 1. The van der Waals surface area contributed by atoms with E-state index >= 15 is 0 Å². The SMILES string of the molecule is Cc1nn(CC(=O)NCCc2ccc(F)cc2)c(C)c1S(=O)(=O)N(C)C. The molecule has 2 aromatic rings. The summed E-state index contributed by atoms with van der Waals surface area (Å²) in [4.78, 5) is 12.2. The van der Waals surface area contributed by atoms with E-state index in [2.05, 4.69) is 10.4 Å². The van der Waals surface area contributed by atoms with Gasteiger partial charge in [-0.25, -0.2) is 17.1 Å². The second-order valence-electron chi connectivity index (χ2n) is 6.17. The number of rotatable bonds is 7. The first kappa shape index (κ1) is 20.1. The Morgan fingerprint density at radius 1 is 1.23 bits per heavy atom. The number of sulfonamides is 1. The molecule has 7 nitrogen and oxygen atoms in total. The standard InChI is InChI=1S/C17H23FN4O3S/c1-12-17(26(24,25)21(3)4)13(2)22(20-12)11-16(23)19-10-9-14-5-7-15(18)8-6-14/h5-8H,9-11H2,1-4H3,(H,19,23). The zero-order valence-electron chi connectivity index (χ0n) is 15.3. The highest BCUT2D eigenvalue weighted by molar-refractivity contribution is 7.89. The first-order valence-electron chi connectivity index (χ1n) is 8.10. The van der Waals surface area contributed by atoms with Crippen LogP contribution in [0.1, 0.15) is 17.0 Å². The first-order chi connectivity index (χ1) is 12.1. The molecule has 0 aliphatic rings. The zero-order chi connectivity index (χ0) is 19.5. The summed E-state index contributed by atoms with van der Waals surface area (Å²) >= 11 is 0. The molecule has 2 rings (SSSR count). The van der Waals surface area contributed by atoms with Crippen molar-refractivity contribution in [2.75, 3.05) is 20.6 Å². The average Bonchev–Trinajstić information content (AvgIpc) is 2.83. The maximum absolute atomic E-state index is 12.9. The number of nitrogens with zero attached hydrogens (tertiary/aromatic N) is 3. The number of aromatic nitrogens is 2. The minimum Gasteiger partial charge on any atom is -0.354 e. The lowest BCUT2D eigenvalue weighted by Crippen LogP contribution is -2.30. The van der Waals surface area contributed by atoms with Gasteiger partial charge in [-0.15, -0.1) is 0 Å². The van der Waals surface area contributed by atoms with Crippen LogP contribution in [0.2, 0.25) is 0 Å². The molecule has 142 valence electrons. The number of carbonyl (C=O) groups excluding carboxylic acids is 1.